The Balaban J connectivity index is 1.24. The Morgan fingerprint density at radius 3 is 2.69 bits per heavy atom. The molecule has 39 heavy (non-hydrogen) atoms. The molecule has 1 aliphatic rings. The molecule has 0 spiro atoms. The first-order valence-electron chi connectivity index (χ1n) is 13.0. The van der Waals surface area contributed by atoms with E-state index < -0.39 is 10.0 Å². The monoisotopic (exact) mass is 546 g/mol. The number of hydrogen-bond donors (Lipinski definition) is 2. The molecule has 12 heteroatoms. The lowest BCUT2D eigenvalue weighted by Crippen LogP contribution is -2.38. The molecule has 11 nitrogen and oxygen atoms in total. The van der Waals surface area contributed by atoms with Gasteiger partial charge < -0.3 is 10.1 Å². The average molecular weight is 547 g/mol. The Kier molecular flexibility index (Phi) is 6.90. The van der Waals surface area contributed by atoms with Crippen LogP contribution in [0.25, 0.3) is 27.7 Å². The normalized spacial score (nSPS) is 14.7. The number of sulfonamides is 1. The summed E-state index contributed by atoms with van der Waals surface area (Å²) in [5, 5.41) is 13.6. The lowest BCUT2D eigenvalue weighted by atomic mass is 10.1. The molecule has 0 bridgehead atoms. The summed E-state index contributed by atoms with van der Waals surface area (Å²) in [6.45, 7) is 6.87. The Morgan fingerprint density at radius 2 is 1.85 bits per heavy atom. The third-order valence-corrected chi connectivity index (χ3v) is 8.17. The van der Waals surface area contributed by atoms with Gasteiger partial charge in [-0.25, -0.2) is 17.9 Å². The summed E-state index contributed by atoms with van der Waals surface area (Å²) >= 11 is 0. The minimum atomic E-state index is -3.43. The van der Waals surface area contributed by atoms with Crippen molar-refractivity contribution in [1.82, 2.24) is 29.3 Å². The Labute approximate surface area is 226 Å². The summed E-state index contributed by atoms with van der Waals surface area (Å²) in [5.41, 5.74) is 4.69. The molecule has 3 aromatic heterocycles. The van der Waals surface area contributed by atoms with E-state index >= 15 is 0 Å². The van der Waals surface area contributed by atoms with E-state index in [-0.39, 0.29) is 5.75 Å². The van der Waals surface area contributed by atoms with E-state index in [1.807, 2.05) is 47.3 Å². The van der Waals surface area contributed by atoms with Gasteiger partial charge in [-0.05, 0) is 43.3 Å². The van der Waals surface area contributed by atoms with Crippen molar-refractivity contribution in [1.29, 1.82) is 0 Å². The Hall–Kier alpha value is -4.00. The number of hydrogen-bond acceptors (Lipinski definition) is 8. The van der Waals surface area contributed by atoms with Crippen molar-refractivity contribution in [2.24, 2.45) is 0 Å². The van der Waals surface area contributed by atoms with Crippen LogP contribution in [0.2, 0.25) is 0 Å². The zero-order chi connectivity index (χ0) is 26.8. The van der Waals surface area contributed by atoms with E-state index in [1.165, 1.54) is 0 Å². The third kappa shape index (κ3) is 5.44. The zero-order valence-corrected chi connectivity index (χ0v) is 22.4. The van der Waals surface area contributed by atoms with Gasteiger partial charge in [0.25, 0.3) is 0 Å². The van der Waals surface area contributed by atoms with Gasteiger partial charge in [0, 0.05) is 36.3 Å². The number of morpholine rings is 1. The summed E-state index contributed by atoms with van der Waals surface area (Å²) in [6, 6.07) is 17.2. The summed E-state index contributed by atoms with van der Waals surface area (Å²) in [7, 11) is -3.43. The molecule has 2 N–H and O–H groups in total. The van der Waals surface area contributed by atoms with Crippen LogP contribution in [-0.4, -0.2) is 76.3 Å². The molecule has 0 atom stereocenters. The van der Waals surface area contributed by atoms with Gasteiger partial charge in [-0.1, -0.05) is 18.2 Å². The lowest BCUT2D eigenvalue weighted by Gasteiger charge is -2.26. The fourth-order valence-electron chi connectivity index (χ4n) is 4.73. The van der Waals surface area contributed by atoms with Gasteiger partial charge in [0.1, 0.15) is 0 Å². The number of anilines is 3. The minimum absolute atomic E-state index is 0.0103. The number of nitrogens with zero attached hydrogens (tertiary/aromatic N) is 6. The van der Waals surface area contributed by atoms with Crippen molar-refractivity contribution >= 4 is 43.8 Å². The second kappa shape index (κ2) is 10.6. The van der Waals surface area contributed by atoms with E-state index in [0.29, 0.717) is 11.6 Å². The summed E-state index contributed by atoms with van der Waals surface area (Å²) < 4.78 is 36.4. The number of aromatic nitrogens is 5. The zero-order valence-electron chi connectivity index (χ0n) is 21.6. The quantitative estimate of drug-likeness (QED) is 0.288. The molecule has 0 radical (unpaired) electrons. The van der Waals surface area contributed by atoms with Crippen LogP contribution in [0.15, 0.2) is 67.0 Å². The molecule has 4 heterocycles. The summed E-state index contributed by atoms with van der Waals surface area (Å²) in [4.78, 5) is 6.88. The molecule has 6 rings (SSSR count). The van der Waals surface area contributed by atoms with Gasteiger partial charge in [0.05, 0.1) is 60.3 Å². The van der Waals surface area contributed by atoms with Crippen LogP contribution in [0.3, 0.4) is 0 Å². The first-order valence-corrected chi connectivity index (χ1v) is 14.6. The van der Waals surface area contributed by atoms with Crippen LogP contribution in [0, 0.1) is 0 Å². The number of rotatable bonds is 9. The van der Waals surface area contributed by atoms with E-state index in [2.05, 4.69) is 31.1 Å². The third-order valence-electron chi connectivity index (χ3n) is 6.88. The average Bonchev–Trinajstić information content (AvgIpc) is 3.56. The topological polar surface area (TPSA) is 119 Å². The van der Waals surface area contributed by atoms with Crippen LogP contribution >= 0.6 is 0 Å². The largest absolute Gasteiger partial charge is 0.379 e. The molecule has 0 unspecified atom stereocenters. The maximum absolute atomic E-state index is 12.2. The van der Waals surface area contributed by atoms with Crippen molar-refractivity contribution in [3.8, 4) is 11.3 Å². The van der Waals surface area contributed by atoms with E-state index in [9.17, 15) is 8.42 Å². The maximum Gasteiger partial charge on any atom is 0.245 e. The van der Waals surface area contributed by atoms with Gasteiger partial charge in [-0.2, -0.15) is 5.10 Å². The molecule has 1 fully saturated rings. The van der Waals surface area contributed by atoms with Gasteiger partial charge in [-0.15, -0.1) is 5.10 Å². The summed E-state index contributed by atoms with van der Waals surface area (Å²) in [6.07, 6.45) is 3.61. The molecular formula is C27H30N8O3S. The van der Waals surface area contributed by atoms with Gasteiger partial charge in [0.2, 0.25) is 16.0 Å². The van der Waals surface area contributed by atoms with Gasteiger partial charge >= 0.3 is 0 Å². The van der Waals surface area contributed by atoms with Gasteiger partial charge in [-0.3, -0.25) is 14.3 Å². The second-order valence-corrected chi connectivity index (χ2v) is 11.4. The van der Waals surface area contributed by atoms with Crippen LogP contribution < -0.4 is 10.0 Å². The van der Waals surface area contributed by atoms with Crippen molar-refractivity contribution in [3.05, 3.63) is 67.0 Å². The highest BCUT2D eigenvalue weighted by molar-refractivity contribution is 7.92. The first-order chi connectivity index (χ1) is 19.0. The predicted molar refractivity (Wildman–Crippen MR) is 152 cm³/mol. The molecule has 0 amide bonds. The van der Waals surface area contributed by atoms with Crippen LogP contribution in [0.5, 0.6) is 0 Å². The van der Waals surface area contributed by atoms with Crippen molar-refractivity contribution in [2.75, 3.05) is 48.6 Å². The molecule has 0 saturated carbocycles. The molecular weight excluding hydrogens is 516 g/mol. The molecule has 1 aliphatic heterocycles. The van der Waals surface area contributed by atoms with E-state index in [0.717, 1.165) is 72.8 Å². The van der Waals surface area contributed by atoms with Gasteiger partial charge in [0.15, 0.2) is 0 Å². The van der Waals surface area contributed by atoms with Crippen LogP contribution in [0.4, 0.5) is 17.3 Å². The fraction of sp³-hybridized carbons (Fsp3) is 0.296. The predicted octanol–water partition coefficient (Wildman–Crippen LogP) is 3.58. The second-order valence-electron chi connectivity index (χ2n) is 9.41. The fourth-order valence-corrected chi connectivity index (χ4v) is 5.39. The van der Waals surface area contributed by atoms with E-state index in [1.54, 1.807) is 29.8 Å². The molecule has 2 aromatic carbocycles. The van der Waals surface area contributed by atoms with Crippen molar-refractivity contribution in [2.45, 2.75) is 13.5 Å². The number of nitrogens with one attached hydrogen (secondary N) is 2. The molecule has 1 saturated heterocycles. The smallest absolute Gasteiger partial charge is 0.245 e. The number of benzene rings is 2. The Morgan fingerprint density at radius 1 is 1.00 bits per heavy atom. The Bertz CT molecular complexity index is 1720. The lowest BCUT2D eigenvalue weighted by molar-refractivity contribution is 0.0361. The van der Waals surface area contributed by atoms with Crippen molar-refractivity contribution < 1.29 is 13.2 Å². The SMILES string of the molecule is CCS(=O)(=O)Nc1ccccc1-c1ccc2cnc(Nc3ccc4c(cnn4CCN4CCOCC4)c3)nn12. The highest BCUT2D eigenvalue weighted by atomic mass is 32.2. The number of ether oxygens (including phenoxy) is 1. The van der Waals surface area contributed by atoms with E-state index in [4.69, 9.17) is 9.84 Å². The maximum atomic E-state index is 12.2. The van der Waals surface area contributed by atoms with Crippen molar-refractivity contribution in [3.63, 3.8) is 0 Å². The summed E-state index contributed by atoms with van der Waals surface area (Å²) in [5.74, 6) is 0.412. The molecule has 5 aromatic rings. The standard InChI is InChI=1S/C27H30N8O3S/c1-2-39(36,37)32-24-6-4-3-5-23(24)26-10-8-22-19-28-27(31-35(22)26)30-21-7-9-25-20(17-21)18-29-34(25)12-11-33-13-15-38-16-14-33/h3-10,17-19,32H,2,11-16H2,1H3,(H,30,31). The molecule has 202 valence electrons. The van der Waals surface area contributed by atoms with Crippen LogP contribution in [-0.2, 0) is 21.3 Å². The highest BCUT2D eigenvalue weighted by Gasteiger charge is 2.16. The highest BCUT2D eigenvalue weighted by Crippen LogP contribution is 2.30. The van der Waals surface area contributed by atoms with Crippen LogP contribution in [0.1, 0.15) is 6.92 Å². The number of fused-ring (bicyclic) bond motifs is 2. The first kappa shape index (κ1) is 25.3. The molecule has 0 aliphatic carbocycles. The number of para-hydroxylation sites is 1. The minimum Gasteiger partial charge on any atom is -0.379 e.